The van der Waals surface area contributed by atoms with Crippen LogP contribution in [0.2, 0.25) is 0 Å². The van der Waals surface area contributed by atoms with Crippen molar-refractivity contribution in [3.63, 3.8) is 0 Å². The number of Topliss-reactive ketones (excluding diaryl/α,β-unsaturated/α-hetero) is 2. The van der Waals surface area contributed by atoms with Crippen LogP contribution in [0.3, 0.4) is 0 Å². The quantitative estimate of drug-likeness (QED) is 0.306. The number of unbranched alkanes of at least 4 members (excludes halogenated alkanes) is 2. The Hall–Kier alpha value is -1.72. The monoisotopic (exact) mass is 344 g/mol. The number of rotatable bonds is 12. The molecule has 0 atom stereocenters. The van der Waals surface area contributed by atoms with Crippen molar-refractivity contribution >= 4 is 23.5 Å². The number of carbonyl (C=O) groups is 4. The van der Waals surface area contributed by atoms with Crippen LogP contribution in [-0.2, 0) is 28.7 Å². The van der Waals surface area contributed by atoms with Gasteiger partial charge in [-0.1, -0.05) is 40.5 Å². The van der Waals surface area contributed by atoms with Crippen molar-refractivity contribution in [2.75, 3.05) is 13.2 Å². The molecule has 0 unspecified atom stereocenters. The zero-order chi connectivity index (χ0) is 18.8. The predicted molar refractivity (Wildman–Crippen MR) is 91.6 cm³/mol. The Kier molecular flexibility index (Phi) is 18.0. The van der Waals surface area contributed by atoms with Crippen molar-refractivity contribution < 1.29 is 28.7 Å². The molecule has 0 fully saturated rings. The number of hydrogen-bond acceptors (Lipinski definition) is 6. The third-order valence-electron chi connectivity index (χ3n) is 2.99. The molecule has 0 aromatic rings. The van der Waals surface area contributed by atoms with Crippen molar-refractivity contribution in [1.29, 1.82) is 0 Å². The maximum Gasteiger partial charge on any atom is 0.313 e. The predicted octanol–water partition coefficient (Wildman–Crippen LogP) is 3.40. The molecule has 0 aliphatic heterocycles. The Bertz CT molecular complexity index is 340. The Morgan fingerprint density at radius 1 is 0.625 bits per heavy atom. The van der Waals surface area contributed by atoms with Crippen molar-refractivity contribution in [1.82, 2.24) is 0 Å². The lowest BCUT2D eigenvalue weighted by atomic mass is 10.2. The fourth-order valence-electron chi connectivity index (χ4n) is 1.33. The van der Waals surface area contributed by atoms with Crippen LogP contribution in [0.5, 0.6) is 0 Å². The van der Waals surface area contributed by atoms with E-state index in [9.17, 15) is 19.2 Å². The second-order valence-electron chi connectivity index (χ2n) is 5.29. The molecule has 140 valence electrons. The van der Waals surface area contributed by atoms with Gasteiger partial charge in [0.1, 0.15) is 24.4 Å². The van der Waals surface area contributed by atoms with Gasteiger partial charge in [-0.3, -0.25) is 19.2 Å². The lowest BCUT2D eigenvalue weighted by Crippen LogP contribution is -2.11. The highest BCUT2D eigenvalue weighted by Crippen LogP contribution is 1.95. The molecule has 0 spiro atoms. The maximum atomic E-state index is 10.8. The molecule has 0 rings (SSSR count). The molecular formula is C18H32O6. The van der Waals surface area contributed by atoms with Crippen LogP contribution in [0.1, 0.15) is 79.1 Å². The summed E-state index contributed by atoms with van der Waals surface area (Å²) in [5.74, 6) is -0.904. The van der Waals surface area contributed by atoms with Gasteiger partial charge in [0.15, 0.2) is 0 Å². The number of ether oxygens (including phenoxy) is 2. The van der Waals surface area contributed by atoms with Gasteiger partial charge in [0.05, 0.1) is 13.2 Å². The van der Waals surface area contributed by atoms with Crippen LogP contribution in [0.15, 0.2) is 0 Å². The molecule has 24 heavy (non-hydrogen) atoms. The van der Waals surface area contributed by atoms with Crippen LogP contribution in [0.25, 0.3) is 0 Å². The zero-order valence-corrected chi connectivity index (χ0v) is 15.5. The van der Waals surface area contributed by atoms with Crippen molar-refractivity contribution in [3.05, 3.63) is 0 Å². The summed E-state index contributed by atoms with van der Waals surface area (Å²) in [5.41, 5.74) is 0. The summed E-state index contributed by atoms with van der Waals surface area (Å²) in [6, 6.07) is 0. The van der Waals surface area contributed by atoms with Gasteiger partial charge in [0, 0.05) is 12.8 Å². The van der Waals surface area contributed by atoms with Crippen LogP contribution < -0.4 is 0 Å². The summed E-state index contributed by atoms with van der Waals surface area (Å²) < 4.78 is 9.59. The highest BCUT2D eigenvalue weighted by atomic mass is 16.5. The van der Waals surface area contributed by atoms with E-state index < -0.39 is 11.9 Å². The standard InChI is InChI=1S/2C9H16O3/c2*1-3-5-6-12-9(11)7-8(10)4-2/h2*3-7H2,1-2H3. The van der Waals surface area contributed by atoms with E-state index in [4.69, 9.17) is 9.47 Å². The average Bonchev–Trinajstić information content (AvgIpc) is 2.55. The lowest BCUT2D eigenvalue weighted by molar-refractivity contribution is -0.147. The first-order valence-electron chi connectivity index (χ1n) is 8.75. The molecule has 0 amide bonds. The Labute approximate surface area is 145 Å². The number of esters is 2. The molecule has 6 nitrogen and oxygen atoms in total. The smallest absolute Gasteiger partial charge is 0.313 e. The minimum absolute atomic E-state index is 0.0588. The normalized spacial score (nSPS) is 9.50. The molecule has 0 saturated carbocycles. The fourth-order valence-corrected chi connectivity index (χ4v) is 1.33. The Balaban J connectivity index is 0. The minimum atomic E-state index is -0.393. The summed E-state index contributed by atoms with van der Waals surface area (Å²) in [7, 11) is 0. The van der Waals surface area contributed by atoms with E-state index in [1.807, 2.05) is 13.8 Å². The minimum Gasteiger partial charge on any atom is -0.465 e. The number of ketones is 2. The first-order chi connectivity index (χ1) is 11.4. The van der Waals surface area contributed by atoms with E-state index in [0.717, 1.165) is 25.7 Å². The van der Waals surface area contributed by atoms with E-state index in [1.165, 1.54) is 0 Å². The molecule has 0 saturated heterocycles. The van der Waals surface area contributed by atoms with Crippen LogP contribution in [0.4, 0.5) is 0 Å². The molecule has 0 radical (unpaired) electrons. The van der Waals surface area contributed by atoms with Crippen LogP contribution in [0, 0.1) is 0 Å². The maximum absolute atomic E-state index is 10.8. The highest BCUT2D eigenvalue weighted by molar-refractivity contribution is 5.95. The summed E-state index contributed by atoms with van der Waals surface area (Å²) in [6.07, 6.45) is 4.40. The average molecular weight is 344 g/mol. The van der Waals surface area contributed by atoms with Gasteiger partial charge in [-0.2, -0.15) is 0 Å². The summed E-state index contributed by atoms with van der Waals surface area (Å²) >= 11 is 0. The summed E-state index contributed by atoms with van der Waals surface area (Å²) in [4.78, 5) is 43.2. The summed E-state index contributed by atoms with van der Waals surface area (Å²) in [6.45, 7) is 8.39. The highest BCUT2D eigenvalue weighted by Gasteiger charge is 2.08. The van der Waals surface area contributed by atoms with E-state index in [0.29, 0.717) is 26.1 Å². The van der Waals surface area contributed by atoms with Gasteiger partial charge in [-0.15, -0.1) is 0 Å². The van der Waals surface area contributed by atoms with Gasteiger partial charge in [0.2, 0.25) is 0 Å². The van der Waals surface area contributed by atoms with Gasteiger partial charge in [0.25, 0.3) is 0 Å². The second kappa shape index (κ2) is 17.6. The number of carbonyl (C=O) groups excluding carboxylic acids is 4. The first kappa shape index (κ1) is 24.5. The van der Waals surface area contributed by atoms with Crippen molar-refractivity contribution in [2.24, 2.45) is 0 Å². The van der Waals surface area contributed by atoms with Crippen LogP contribution >= 0.6 is 0 Å². The van der Waals surface area contributed by atoms with E-state index >= 15 is 0 Å². The van der Waals surface area contributed by atoms with E-state index in [2.05, 4.69) is 0 Å². The van der Waals surface area contributed by atoms with Gasteiger partial charge in [-0.05, 0) is 12.8 Å². The molecule has 0 aliphatic carbocycles. The third-order valence-corrected chi connectivity index (χ3v) is 2.99. The molecule has 0 heterocycles. The van der Waals surface area contributed by atoms with Crippen LogP contribution in [-0.4, -0.2) is 36.7 Å². The molecule has 0 aromatic carbocycles. The molecule has 0 N–H and O–H groups in total. The van der Waals surface area contributed by atoms with Crippen molar-refractivity contribution in [3.8, 4) is 0 Å². The Morgan fingerprint density at radius 3 is 1.21 bits per heavy atom. The molecule has 0 aliphatic rings. The van der Waals surface area contributed by atoms with Crippen molar-refractivity contribution in [2.45, 2.75) is 79.1 Å². The number of hydrogen-bond donors (Lipinski definition) is 0. The summed E-state index contributed by atoms with van der Waals surface area (Å²) in [5, 5.41) is 0. The van der Waals surface area contributed by atoms with E-state index in [1.54, 1.807) is 13.8 Å². The Morgan fingerprint density at radius 2 is 0.958 bits per heavy atom. The molecular weight excluding hydrogens is 312 g/mol. The topological polar surface area (TPSA) is 86.7 Å². The second-order valence-corrected chi connectivity index (χ2v) is 5.29. The fraction of sp³-hybridized carbons (Fsp3) is 0.778. The van der Waals surface area contributed by atoms with Gasteiger partial charge >= 0.3 is 11.9 Å². The largest absolute Gasteiger partial charge is 0.465 e. The molecule has 6 heteroatoms. The SMILES string of the molecule is CCCCOC(=O)CC(=O)CC.CCCCOC(=O)CC(=O)CC. The first-order valence-corrected chi connectivity index (χ1v) is 8.75. The molecule has 0 aromatic heterocycles. The third kappa shape index (κ3) is 18.3. The van der Waals surface area contributed by atoms with Gasteiger partial charge < -0.3 is 9.47 Å². The zero-order valence-electron chi connectivity index (χ0n) is 15.5. The van der Waals surface area contributed by atoms with Gasteiger partial charge in [-0.25, -0.2) is 0 Å². The molecule has 0 bridgehead atoms. The van der Waals surface area contributed by atoms with E-state index in [-0.39, 0.29) is 24.4 Å². The lowest BCUT2D eigenvalue weighted by Gasteiger charge is -2.01.